The van der Waals surface area contributed by atoms with Gasteiger partial charge < -0.3 is 4.74 Å². The molecule has 0 aliphatic rings. The van der Waals surface area contributed by atoms with Crippen LogP contribution in [0.4, 0.5) is 13.2 Å². The van der Waals surface area contributed by atoms with Crippen LogP contribution >= 0.6 is 15.9 Å². The Morgan fingerprint density at radius 2 is 1.71 bits per heavy atom. The number of ether oxygens (including phenoxy) is 1. The Kier molecular flexibility index (Phi) is 4.87. The van der Waals surface area contributed by atoms with Gasteiger partial charge >= 0.3 is 0 Å². The normalized spacial score (nSPS) is 12.3. The van der Waals surface area contributed by atoms with Gasteiger partial charge in [0.05, 0.1) is 13.2 Å². The molecule has 0 bridgehead atoms. The molecule has 0 heterocycles. The first-order valence-electron chi connectivity index (χ1n) is 5.92. The van der Waals surface area contributed by atoms with Crippen molar-refractivity contribution in [3.8, 4) is 5.75 Å². The van der Waals surface area contributed by atoms with E-state index in [2.05, 4.69) is 21.4 Å². The Morgan fingerprint density at radius 1 is 1.10 bits per heavy atom. The van der Waals surface area contributed by atoms with Crippen LogP contribution in [0.15, 0.2) is 34.8 Å². The van der Waals surface area contributed by atoms with Gasteiger partial charge in [0.2, 0.25) is 0 Å². The molecule has 1 atom stereocenters. The summed E-state index contributed by atoms with van der Waals surface area (Å²) < 4.78 is 47.2. The molecule has 0 saturated heterocycles. The third-order valence-electron chi connectivity index (χ3n) is 3.02. The lowest BCUT2D eigenvalue weighted by Gasteiger charge is -2.19. The monoisotopic (exact) mass is 360 g/mol. The van der Waals surface area contributed by atoms with Crippen LogP contribution in [0.3, 0.4) is 0 Å². The van der Waals surface area contributed by atoms with E-state index in [0.29, 0.717) is 5.75 Å². The van der Waals surface area contributed by atoms with Crippen molar-refractivity contribution in [1.82, 2.24) is 5.43 Å². The lowest BCUT2D eigenvalue weighted by molar-refractivity contribution is 0.409. The molecular formula is C14H12BrF3N2O. The van der Waals surface area contributed by atoms with Gasteiger partial charge in [-0.3, -0.25) is 5.84 Å². The minimum absolute atomic E-state index is 0.0124. The molecule has 2 rings (SSSR count). The minimum Gasteiger partial charge on any atom is -0.497 e. The number of hydrazine groups is 1. The Labute approximate surface area is 128 Å². The lowest BCUT2D eigenvalue weighted by atomic mass is 9.97. The summed E-state index contributed by atoms with van der Waals surface area (Å²) in [6.07, 6.45) is 0. The fourth-order valence-corrected chi connectivity index (χ4v) is 2.43. The van der Waals surface area contributed by atoms with E-state index < -0.39 is 23.5 Å². The van der Waals surface area contributed by atoms with Crippen LogP contribution in [-0.2, 0) is 0 Å². The third kappa shape index (κ3) is 3.20. The van der Waals surface area contributed by atoms with Gasteiger partial charge in [-0.2, -0.15) is 0 Å². The first kappa shape index (κ1) is 15.8. The van der Waals surface area contributed by atoms with Crippen LogP contribution in [0.25, 0.3) is 0 Å². The average Bonchev–Trinajstić information content (AvgIpc) is 2.43. The summed E-state index contributed by atoms with van der Waals surface area (Å²) in [5.74, 6) is 3.31. The molecule has 3 N–H and O–H groups in total. The Morgan fingerprint density at radius 3 is 2.19 bits per heavy atom. The molecule has 0 aromatic heterocycles. The van der Waals surface area contributed by atoms with Crippen LogP contribution in [0.5, 0.6) is 5.75 Å². The van der Waals surface area contributed by atoms with Gasteiger partial charge in [0.15, 0.2) is 0 Å². The second kappa shape index (κ2) is 6.46. The molecule has 2 aromatic carbocycles. The number of rotatable bonds is 4. The third-order valence-corrected chi connectivity index (χ3v) is 3.48. The summed E-state index contributed by atoms with van der Waals surface area (Å²) in [4.78, 5) is 0. The molecule has 2 aromatic rings. The summed E-state index contributed by atoms with van der Waals surface area (Å²) in [6.45, 7) is 0. The van der Waals surface area contributed by atoms with E-state index in [4.69, 9.17) is 10.6 Å². The molecule has 7 heteroatoms. The number of benzene rings is 2. The number of hydrogen-bond donors (Lipinski definition) is 2. The zero-order valence-corrected chi connectivity index (χ0v) is 12.5. The van der Waals surface area contributed by atoms with E-state index >= 15 is 0 Å². The fourth-order valence-electron chi connectivity index (χ4n) is 2.03. The van der Waals surface area contributed by atoms with E-state index in [1.165, 1.54) is 19.2 Å². The molecule has 0 fully saturated rings. The predicted molar refractivity (Wildman–Crippen MR) is 76.2 cm³/mol. The molecular weight excluding hydrogens is 349 g/mol. The zero-order chi connectivity index (χ0) is 15.6. The summed E-state index contributed by atoms with van der Waals surface area (Å²) in [5.41, 5.74) is 1.89. The van der Waals surface area contributed by atoms with E-state index in [1.54, 1.807) is 0 Å². The maximum Gasteiger partial charge on any atom is 0.132 e. The van der Waals surface area contributed by atoms with E-state index in [1.807, 2.05) is 0 Å². The molecule has 0 aliphatic heterocycles. The number of nitrogens with one attached hydrogen (secondary N) is 1. The number of nitrogens with two attached hydrogens (primary N) is 1. The molecule has 1 unspecified atom stereocenters. The average molecular weight is 361 g/mol. The van der Waals surface area contributed by atoms with Gasteiger partial charge in [-0.05, 0) is 18.2 Å². The Hall–Kier alpha value is -1.57. The highest BCUT2D eigenvalue weighted by Gasteiger charge is 2.24. The van der Waals surface area contributed by atoms with Gasteiger partial charge in [0.25, 0.3) is 0 Å². The smallest absolute Gasteiger partial charge is 0.132 e. The van der Waals surface area contributed by atoms with Crippen LogP contribution in [0, 0.1) is 17.5 Å². The molecule has 21 heavy (non-hydrogen) atoms. The van der Waals surface area contributed by atoms with Crippen molar-refractivity contribution in [1.29, 1.82) is 0 Å². The Balaban J connectivity index is 2.55. The number of halogens is 4. The van der Waals surface area contributed by atoms with Crippen molar-refractivity contribution in [2.45, 2.75) is 6.04 Å². The second-order valence-corrected chi connectivity index (χ2v) is 5.19. The first-order chi connectivity index (χ1) is 9.97. The van der Waals surface area contributed by atoms with Gasteiger partial charge in [-0.25, -0.2) is 18.6 Å². The van der Waals surface area contributed by atoms with Gasteiger partial charge in [-0.15, -0.1) is 0 Å². The highest BCUT2D eigenvalue weighted by molar-refractivity contribution is 9.10. The van der Waals surface area contributed by atoms with Crippen LogP contribution in [-0.4, -0.2) is 7.11 Å². The quantitative estimate of drug-likeness (QED) is 0.648. The van der Waals surface area contributed by atoms with Crippen LogP contribution in [0.1, 0.15) is 17.2 Å². The van der Waals surface area contributed by atoms with Crippen molar-refractivity contribution >= 4 is 15.9 Å². The van der Waals surface area contributed by atoms with E-state index in [9.17, 15) is 13.2 Å². The predicted octanol–water partition coefficient (Wildman–Crippen LogP) is 3.43. The number of hydrogen-bond acceptors (Lipinski definition) is 3. The van der Waals surface area contributed by atoms with Crippen molar-refractivity contribution in [2.75, 3.05) is 7.11 Å². The van der Waals surface area contributed by atoms with Crippen LogP contribution in [0.2, 0.25) is 0 Å². The molecule has 112 valence electrons. The fraction of sp³-hybridized carbons (Fsp3) is 0.143. The first-order valence-corrected chi connectivity index (χ1v) is 6.71. The molecule has 0 aliphatic carbocycles. The highest BCUT2D eigenvalue weighted by Crippen LogP contribution is 2.31. The summed E-state index contributed by atoms with van der Waals surface area (Å²) >= 11 is 2.99. The second-order valence-electron chi connectivity index (χ2n) is 4.27. The molecule has 0 saturated carbocycles. The van der Waals surface area contributed by atoms with Gasteiger partial charge in [0.1, 0.15) is 23.2 Å². The maximum absolute atomic E-state index is 14.1. The SMILES string of the molecule is COc1ccc(C(NN)c2c(F)cc(Br)cc2F)c(F)c1. The van der Waals surface area contributed by atoms with Crippen molar-refractivity contribution in [2.24, 2.45) is 5.84 Å². The highest BCUT2D eigenvalue weighted by atomic mass is 79.9. The molecule has 0 radical (unpaired) electrons. The van der Waals surface area contributed by atoms with Crippen molar-refractivity contribution < 1.29 is 17.9 Å². The maximum atomic E-state index is 14.1. The topological polar surface area (TPSA) is 47.3 Å². The number of methoxy groups -OCH3 is 1. The summed E-state index contributed by atoms with van der Waals surface area (Å²) in [5, 5.41) is 0. The molecule has 3 nitrogen and oxygen atoms in total. The van der Waals surface area contributed by atoms with Crippen molar-refractivity contribution in [3.63, 3.8) is 0 Å². The van der Waals surface area contributed by atoms with Gasteiger partial charge in [-0.1, -0.05) is 22.0 Å². The van der Waals surface area contributed by atoms with Crippen LogP contribution < -0.4 is 16.0 Å². The van der Waals surface area contributed by atoms with Crippen molar-refractivity contribution in [3.05, 3.63) is 63.4 Å². The summed E-state index contributed by atoms with van der Waals surface area (Å²) in [7, 11) is 1.39. The largest absolute Gasteiger partial charge is 0.497 e. The molecule has 0 spiro atoms. The Bertz CT molecular complexity index is 644. The molecule has 0 amide bonds. The van der Waals surface area contributed by atoms with E-state index in [0.717, 1.165) is 18.2 Å². The minimum atomic E-state index is -1.16. The van der Waals surface area contributed by atoms with Gasteiger partial charge in [0, 0.05) is 21.7 Å². The standard InChI is InChI=1S/C14H12BrF3N2O/c1-21-8-2-3-9(10(16)6-8)14(20-19)13-11(17)4-7(15)5-12(13)18/h2-6,14,20H,19H2,1H3. The summed E-state index contributed by atoms with van der Waals surface area (Å²) in [6, 6.07) is 4.98. The van der Waals surface area contributed by atoms with E-state index in [-0.39, 0.29) is 15.6 Å². The lowest BCUT2D eigenvalue weighted by Crippen LogP contribution is -2.31. The zero-order valence-electron chi connectivity index (χ0n) is 11.0.